The molecule has 0 amide bonds. The molecule has 0 aliphatic heterocycles. The van der Waals surface area contributed by atoms with Gasteiger partial charge in [-0.1, -0.05) is 30.0 Å². The van der Waals surface area contributed by atoms with Crippen LogP contribution in [0.4, 0.5) is 0 Å². The number of nitrogens with zero attached hydrogens (tertiary/aromatic N) is 3. The molecule has 0 spiro atoms. The van der Waals surface area contributed by atoms with Crippen molar-refractivity contribution in [3.8, 4) is 5.69 Å². The zero-order chi connectivity index (χ0) is 17.3. The maximum Gasteiger partial charge on any atom is 0.177 e. The molecule has 2 aromatic heterocycles. The molecule has 1 atom stereocenters. The van der Waals surface area contributed by atoms with E-state index in [0.717, 1.165) is 27.8 Å². The van der Waals surface area contributed by atoms with E-state index in [1.807, 2.05) is 62.8 Å². The van der Waals surface area contributed by atoms with Crippen molar-refractivity contribution in [1.29, 1.82) is 0 Å². The molecule has 0 saturated heterocycles. The summed E-state index contributed by atoms with van der Waals surface area (Å²) in [6, 6.07) is 12.1. The average Bonchev–Trinajstić information content (AvgIpc) is 3.10. The molecule has 3 rings (SSSR count). The fourth-order valence-electron chi connectivity index (χ4n) is 2.88. The summed E-state index contributed by atoms with van der Waals surface area (Å²) in [5.41, 5.74) is 3.91. The van der Waals surface area contributed by atoms with Crippen molar-refractivity contribution < 1.29 is 4.79 Å². The van der Waals surface area contributed by atoms with E-state index in [9.17, 15) is 4.79 Å². The normalized spacial score (nSPS) is 12.3. The zero-order valence-corrected chi connectivity index (χ0v) is 15.2. The first-order valence-electron chi connectivity index (χ1n) is 7.91. The van der Waals surface area contributed by atoms with E-state index in [0.29, 0.717) is 0 Å². The van der Waals surface area contributed by atoms with Gasteiger partial charge in [-0.25, -0.2) is 4.98 Å². The van der Waals surface area contributed by atoms with Gasteiger partial charge in [-0.05, 0) is 39.0 Å². The van der Waals surface area contributed by atoms with Gasteiger partial charge in [-0.15, -0.1) is 0 Å². The predicted molar refractivity (Wildman–Crippen MR) is 98.1 cm³/mol. The van der Waals surface area contributed by atoms with Gasteiger partial charge >= 0.3 is 0 Å². The number of Topliss-reactive ketones (excluding diaryl/α,β-unsaturated/α-hetero) is 1. The summed E-state index contributed by atoms with van der Waals surface area (Å²) in [4.78, 5) is 17.2. The van der Waals surface area contributed by atoms with E-state index >= 15 is 0 Å². The molecule has 0 bridgehead atoms. The summed E-state index contributed by atoms with van der Waals surface area (Å²) in [5.74, 6) is 0.137. The number of imidazole rings is 1. The lowest BCUT2D eigenvalue weighted by atomic mass is 10.1. The second-order valence-corrected chi connectivity index (χ2v) is 7.21. The molecule has 0 aliphatic rings. The van der Waals surface area contributed by atoms with E-state index in [1.165, 1.54) is 11.8 Å². The van der Waals surface area contributed by atoms with Crippen LogP contribution in [0.2, 0.25) is 0 Å². The van der Waals surface area contributed by atoms with E-state index < -0.39 is 0 Å². The van der Waals surface area contributed by atoms with Crippen LogP contribution >= 0.6 is 11.8 Å². The molecule has 0 aliphatic carbocycles. The summed E-state index contributed by atoms with van der Waals surface area (Å²) >= 11 is 1.49. The minimum Gasteiger partial charge on any atom is -0.329 e. The molecule has 0 unspecified atom stereocenters. The molecule has 24 heavy (non-hydrogen) atoms. The van der Waals surface area contributed by atoms with Gasteiger partial charge in [0.05, 0.1) is 5.25 Å². The quantitative estimate of drug-likeness (QED) is 0.517. The van der Waals surface area contributed by atoms with Gasteiger partial charge in [0.25, 0.3) is 0 Å². The molecular formula is C19H21N3OS. The Morgan fingerprint density at radius 3 is 2.54 bits per heavy atom. The van der Waals surface area contributed by atoms with E-state index in [-0.39, 0.29) is 11.0 Å². The number of rotatable bonds is 5. The highest BCUT2D eigenvalue weighted by molar-refractivity contribution is 8.00. The minimum atomic E-state index is -0.184. The summed E-state index contributed by atoms with van der Waals surface area (Å²) in [6.07, 6.45) is 3.64. The van der Waals surface area contributed by atoms with Crippen molar-refractivity contribution in [3.05, 3.63) is 65.7 Å². The fourth-order valence-corrected chi connectivity index (χ4v) is 3.78. The molecule has 124 valence electrons. The van der Waals surface area contributed by atoms with Crippen LogP contribution in [-0.4, -0.2) is 25.2 Å². The maximum absolute atomic E-state index is 12.9. The highest BCUT2D eigenvalue weighted by atomic mass is 32.2. The largest absolute Gasteiger partial charge is 0.329 e. The third-order valence-electron chi connectivity index (χ3n) is 4.14. The third-order valence-corrected chi connectivity index (χ3v) is 5.31. The summed E-state index contributed by atoms with van der Waals surface area (Å²) in [5, 5.41) is 0.670. The van der Waals surface area contributed by atoms with Gasteiger partial charge in [-0.3, -0.25) is 4.79 Å². The topological polar surface area (TPSA) is 39.8 Å². The number of carbonyl (C=O) groups is 1. The fraction of sp³-hybridized carbons (Fsp3) is 0.263. The highest BCUT2D eigenvalue weighted by Gasteiger charge is 2.23. The number of benzene rings is 1. The Kier molecular flexibility index (Phi) is 4.62. The van der Waals surface area contributed by atoms with Crippen LogP contribution in [0.5, 0.6) is 0 Å². The zero-order valence-electron chi connectivity index (χ0n) is 14.4. The van der Waals surface area contributed by atoms with Crippen LogP contribution in [0.25, 0.3) is 5.69 Å². The Morgan fingerprint density at radius 2 is 1.92 bits per heavy atom. The van der Waals surface area contributed by atoms with Crippen LogP contribution < -0.4 is 0 Å². The monoisotopic (exact) mass is 339 g/mol. The Labute approximate surface area is 146 Å². The molecule has 0 fully saturated rings. The number of hydrogen-bond acceptors (Lipinski definition) is 3. The van der Waals surface area contributed by atoms with Crippen molar-refractivity contribution >= 4 is 17.5 Å². The second-order valence-electron chi connectivity index (χ2n) is 5.90. The summed E-state index contributed by atoms with van der Waals surface area (Å²) < 4.78 is 4.06. The molecular weight excluding hydrogens is 318 g/mol. The Balaban J connectivity index is 1.90. The van der Waals surface area contributed by atoms with E-state index in [4.69, 9.17) is 0 Å². The molecule has 0 N–H and O–H groups in total. The van der Waals surface area contributed by atoms with Crippen molar-refractivity contribution in [2.75, 3.05) is 0 Å². The van der Waals surface area contributed by atoms with Crippen molar-refractivity contribution in [2.24, 2.45) is 7.05 Å². The van der Waals surface area contributed by atoms with Crippen LogP contribution in [0, 0.1) is 13.8 Å². The number of aryl methyl sites for hydroxylation is 2. The smallest absolute Gasteiger partial charge is 0.177 e. The van der Waals surface area contributed by atoms with Gasteiger partial charge in [-0.2, -0.15) is 0 Å². The van der Waals surface area contributed by atoms with Crippen molar-refractivity contribution in [1.82, 2.24) is 14.1 Å². The lowest BCUT2D eigenvalue weighted by Crippen LogP contribution is -2.15. The summed E-state index contributed by atoms with van der Waals surface area (Å²) in [7, 11) is 1.94. The second kappa shape index (κ2) is 6.69. The van der Waals surface area contributed by atoms with Gasteiger partial charge in [0.1, 0.15) is 0 Å². The van der Waals surface area contributed by atoms with Gasteiger partial charge < -0.3 is 9.13 Å². The summed E-state index contributed by atoms with van der Waals surface area (Å²) in [6.45, 7) is 5.98. The Hall–Kier alpha value is -2.27. The first-order chi connectivity index (χ1) is 11.5. The van der Waals surface area contributed by atoms with Gasteiger partial charge in [0.2, 0.25) is 0 Å². The molecule has 1 aromatic carbocycles. The number of carbonyl (C=O) groups excluding carboxylic acids is 1. The number of ketones is 1. The van der Waals surface area contributed by atoms with Crippen LogP contribution in [-0.2, 0) is 7.05 Å². The molecule has 3 aromatic rings. The minimum absolute atomic E-state index is 0.137. The van der Waals surface area contributed by atoms with Crippen LogP contribution in [0.3, 0.4) is 0 Å². The number of hydrogen-bond donors (Lipinski definition) is 0. The van der Waals surface area contributed by atoms with E-state index in [2.05, 4.69) is 21.7 Å². The Bertz CT molecular complexity index is 864. The first kappa shape index (κ1) is 16.6. The SMILES string of the molecule is Cc1cc(C(=O)[C@H](C)Sc2nccn2C)c(C)n1-c1ccccc1. The number of para-hydroxylation sites is 1. The predicted octanol–water partition coefficient (Wildman–Crippen LogP) is 4.19. The number of thioether (sulfide) groups is 1. The average molecular weight is 339 g/mol. The van der Waals surface area contributed by atoms with Crippen molar-refractivity contribution in [2.45, 2.75) is 31.2 Å². The third kappa shape index (κ3) is 3.04. The van der Waals surface area contributed by atoms with Gasteiger partial charge in [0, 0.05) is 42.1 Å². The highest BCUT2D eigenvalue weighted by Crippen LogP contribution is 2.27. The first-order valence-corrected chi connectivity index (χ1v) is 8.79. The maximum atomic E-state index is 12.9. The van der Waals surface area contributed by atoms with Crippen molar-refractivity contribution in [3.63, 3.8) is 0 Å². The van der Waals surface area contributed by atoms with Gasteiger partial charge in [0.15, 0.2) is 10.9 Å². The molecule has 4 nitrogen and oxygen atoms in total. The molecule has 0 saturated carbocycles. The van der Waals surface area contributed by atoms with Crippen LogP contribution in [0.15, 0.2) is 53.9 Å². The lowest BCUT2D eigenvalue weighted by Gasteiger charge is -2.12. The van der Waals surface area contributed by atoms with Crippen LogP contribution in [0.1, 0.15) is 28.7 Å². The Morgan fingerprint density at radius 1 is 1.21 bits per heavy atom. The standard InChI is InChI=1S/C19H21N3OS/c1-13-12-17(14(2)22(13)16-8-6-5-7-9-16)18(23)15(3)24-19-20-10-11-21(19)4/h5-12,15H,1-4H3/t15-/m0/s1. The molecule has 2 heterocycles. The number of aromatic nitrogens is 3. The molecule has 0 radical (unpaired) electrons. The lowest BCUT2D eigenvalue weighted by molar-refractivity contribution is 0.0993. The van der Waals surface area contributed by atoms with E-state index in [1.54, 1.807) is 6.20 Å². The molecule has 5 heteroatoms.